The fourth-order valence-electron chi connectivity index (χ4n) is 2.68. The van der Waals surface area contributed by atoms with Gasteiger partial charge in [-0.1, -0.05) is 19.9 Å². The Morgan fingerprint density at radius 1 is 1.14 bits per heavy atom. The monoisotopic (exact) mass is 391 g/mol. The maximum Gasteiger partial charge on any atom is 0.408 e. The number of pyridine rings is 1. The fourth-order valence-corrected chi connectivity index (χ4v) is 2.68. The summed E-state index contributed by atoms with van der Waals surface area (Å²) in [6.45, 7) is 15.5. The van der Waals surface area contributed by atoms with E-state index in [-0.39, 0.29) is 0 Å². The molecule has 3 N–H and O–H groups in total. The van der Waals surface area contributed by atoms with Crippen molar-refractivity contribution in [3.8, 4) is 0 Å². The van der Waals surface area contributed by atoms with E-state index >= 15 is 0 Å². The molecule has 158 valence electrons. The van der Waals surface area contributed by atoms with Crippen LogP contribution in [-0.2, 0) is 11.3 Å². The molecule has 0 unspecified atom stereocenters. The van der Waals surface area contributed by atoms with Crippen LogP contribution in [0.25, 0.3) is 0 Å². The van der Waals surface area contributed by atoms with E-state index in [1.165, 1.54) is 0 Å². The first kappa shape index (κ1) is 23.7. The summed E-state index contributed by atoms with van der Waals surface area (Å²) in [7, 11) is 0. The van der Waals surface area contributed by atoms with Crippen molar-refractivity contribution < 1.29 is 9.53 Å². The second-order valence-corrected chi connectivity index (χ2v) is 7.93. The highest BCUT2D eigenvalue weighted by atomic mass is 16.6. The lowest BCUT2D eigenvalue weighted by molar-refractivity contribution is 0.0448. The standard InChI is InChI=1S/C21H37N5O2/c1-8-21(9-2,26-19(27)28-20(5,6)7)15-24-18(22-10-3)23-14-17-13-11-12-16(4)25-17/h11-13H,8-10,14-15H2,1-7H3,(H,26,27)(H2,22,23,24). The minimum Gasteiger partial charge on any atom is -0.444 e. The molecule has 1 aromatic heterocycles. The summed E-state index contributed by atoms with van der Waals surface area (Å²) in [6, 6.07) is 5.92. The summed E-state index contributed by atoms with van der Waals surface area (Å²) >= 11 is 0. The van der Waals surface area contributed by atoms with Crippen molar-refractivity contribution in [3.63, 3.8) is 0 Å². The number of amides is 1. The maximum atomic E-state index is 12.3. The van der Waals surface area contributed by atoms with Crippen molar-refractivity contribution in [1.82, 2.24) is 20.9 Å². The molecule has 0 saturated heterocycles. The number of alkyl carbamates (subject to hydrolysis) is 1. The first-order chi connectivity index (χ1) is 13.1. The van der Waals surface area contributed by atoms with Crippen LogP contribution < -0.4 is 16.0 Å². The topological polar surface area (TPSA) is 87.6 Å². The van der Waals surface area contributed by atoms with Gasteiger partial charge in [-0.05, 0) is 59.6 Å². The highest BCUT2D eigenvalue weighted by Gasteiger charge is 2.30. The number of guanidine groups is 1. The zero-order chi connectivity index (χ0) is 21.2. The van der Waals surface area contributed by atoms with Gasteiger partial charge in [0.15, 0.2) is 5.96 Å². The van der Waals surface area contributed by atoms with Crippen LogP contribution in [0.2, 0.25) is 0 Å². The summed E-state index contributed by atoms with van der Waals surface area (Å²) in [4.78, 5) is 21.4. The lowest BCUT2D eigenvalue weighted by atomic mass is 9.93. The smallest absolute Gasteiger partial charge is 0.408 e. The SMILES string of the molecule is CCNC(=NCc1cccc(C)n1)NCC(CC)(CC)NC(=O)OC(C)(C)C. The first-order valence-electron chi connectivity index (χ1n) is 10.1. The number of carbonyl (C=O) groups excluding carboxylic acids is 1. The lowest BCUT2D eigenvalue weighted by Crippen LogP contribution is -2.57. The van der Waals surface area contributed by atoms with Crippen molar-refractivity contribution in [2.45, 2.75) is 79.0 Å². The van der Waals surface area contributed by atoms with Crippen LogP contribution in [0.1, 0.15) is 65.8 Å². The van der Waals surface area contributed by atoms with Crippen molar-refractivity contribution in [2.75, 3.05) is 13.1 Å². The molecular formula is C21H37N5O2. The highest BCUT2D eigenvalue weighted by molar-refractivity contribution is 5.80. The average Bonchev–Trinajstić information content (AvgIpc) is 2.61. The Morgan fingerprint density at radius 2 is 1.82 bits per heavy atom. The molecule has 1 aromatic rings. The third-order valence-electron chi connectivity index (χ3n) is 4.40. The molecule has 7 nitrogen and oxygen atoms in total. The van der Waals surface area contributed by atoms with Gasteiger partial charge in [0.05, 0.1) is 17.8 Å². The largest absolute Gasteiger partial charge is 0.444 e. The second-order valence-electron chi connectivity index (χ2n) is 7.93. The molecule has 0 aromatic carbocycles. The Hall–Kier alpha value is -2.31. The third-order valence-corrected chi connectivity index (χ3v) is 4.40. The summed E-state index contributed by atoms with van der Waals surface area (Å²) in [6.07, 6.45) is 1.15. The van der Waals surface area contributed by atoms with Gasteiger partial charge in [-0.2, -0.15) is 0 Å². The Kier molecular flexibility index (Phi) is 9.22. The number of rotatable bonds is 8. The van der Waals surface area contributed by atoms with Crippen LogP contribution in [0.15, 0.2) is 23.2 Å². The van der Waals surface area contributed by atoms with Gasteiger partial charge >= 0.3 is 6.09 Å². The number of carbonyl (C=O) groups is 1. The maximum absolute atomic E-state index is 12.3. The van der Waals surface area contributed by atoms with E-state index in [1.807, 2.05) is 52.8 Å². The number of aliphatic imine (C=N–C) groups is 1. The molecule has 0 aliphatic heterocycles. The van der Waals surface area contributed by atoms with Crippen LogP contribution in [0.5, 0.6) is 0 Å². The predicted molar refractivity (Wildman–Crippen MR) is 114 cm³/mol. The Balaban J connectivity index is 2.80. The number of hydrogen-bond acceptors (Lipinski definition) is 4. The summed E-state index contributed by atoms with van der Waals surface area (Å²) in [5.41, 5.74) is 0.951. The molecule has 0 saturated carbocycles. The van der Waals surface area contributed by atoms with Crippen molar-refractivity contribution >= 4 is 12.1 Å². The van der Waals surface area contributed by atoms with E-state index < -0.39 is 17.2 Å². The molecule has 0 atom stereocenters. The van der Waals surface area contributed by atoms with Crippen molar-refractivity contribution in [1.29, 1.82) is 0 Å². The van der Waals surface area contributed by atoms with Gasteiger partial charge in [0.2, 0.25) is 0 Å². The van der Waals surface area contributed by atoms with E-state index in [4.69, 9.17) is 4.74 Å². The van der Waals surface area contributed by atoms with Crippen LogP contribution in [0.4, 0.5) is 4.79 Å². The van der Waals surface area contributed by atoms with E-state index in [2.05, 4.69) is 39.8 Å². The van der Waals surface area contributed by atoms with Gasteiger partial charge in [0, 0.05) is 18.8 Å². The fraction of sp³-hybridized carbons (Fsp3) is 0.667. The summed E-state index contributed by atoms with van der Waals surface area (Å²) in [5, 5.41) is 9.65. The molecule has 28 heavy (non-hydrogen) atoms. The minimum atomic E-state index is -0.526. The Labute approximate surface area is 169 Å². The highest BCUT2D eigenvalue weighted by Crippen LogP contribution is 2.16. The molecule has 7 heteroatoms. The molecule has 1 heterocycles. The van der Waals surface area contributed by atoms with Crippen molar-refractivity contribution in [2.24, 2.45) is 4.99 Å². The molecule has 0 fully saturated rings. The van der Waals surface area contributed by atoms with Crippen LogP contribution in [0, 0.1) is 6.92 Å². The van der Waals surface area contributed by atoms with Gasteiger partial charge in [-0.25, -0.2) is 9.79 Å². The van der Waals surface area contributed by atoms with Crippen LogP contribution in [0.3, 0.4) is 0 Å². The molecule has 0 aliphatic rings. The second kappa shape index (κ2) is 10.9. The first-order valence-corrected chi connectivity index (χ1v) is 10.1. The zero-order valence-electron chi connectivity index (χ0n) is 18.5. The third kappa shape index (κ3) is 8.59. The van der Waals surface area contributed by atoms with Gasteiger partial charge < -0.3 is 20.7 Å². The van der Waals surface area contributed by atoms with Gasteiger partial charge in [0.25, 0.3) is 0 Å². The van der Waals surface area contributed by atoms with Crippen molar-refractivity contribution in [3.05, 3.63) is 29.6 Å². The molecule has 1 amide bonds. The normalized spacial score (nSPS) is 12.5. The number of aryl methyl sites for hydroxylation is 1. The number of nitrogens with zero attached hydrogens (tertiary/aromatic N) is 2. The molecule has 0 bridgehead atoms. The molecule has 1 rings (SSSR count). The molecule has 0 radical (unpaired) electrons. The number of hydrogen-bond donors (Lipinski definition) is 3. The lowest BCUT2D eigenvalue weighted by Gasteiger charge is -2.34. The molecule has 0 aliphatic carbocycles. The van der Waals surface area contributed by atoms with E-state index in [1.54, 1.807) is 0 Å². The summed E-state index contributed by atoms with van der Waals surface area (Å²) < 4.78 is 5.44. The number of nitrogens with one attached hydrogen (secondary N) is 3. The Morgan fingerprint density at radius 3 is 2.36 bits per heavy atom. The van der Waals surface area contributed by atoms with E-state index in [9.17, 15) is 4.79 Å². The summed E-state index contributed by atoms with van der Waals surface area (Å²) in [5.74, 6) is 0.697. The van der Waals surface area contributed by atoms with E-state index in [0.29, 0.717) is 19.0 Å². The zero-order valence-corrected chi connectivity index (χ0v) is 18.5. The minimum absolute atomic E-state index is 0.399. The Bertz CT molecular complexity index is 648. The predicted octanol–water partition coefficient (Wildman–Crippen LogP) is 3.53. The number of ether oxygens (including phenoxy) is 1. The van der Waals surface area contributed by atoms with Gasteiger partial charge in [-0.3, -0.25) is 4.98 Å². The molecule has 0 spiro atoms. The average molecular weight is 392 g/mol. The van der Waals surface area contributed by atoms with Crippen LogP contribution in [-0.4, -0.2) is 41.3 Å². The van der Waals surface area contributed by atoms with Gasteiger partial charge in [-0.15, -0.1) is 0 Å². The van der Waals surface area contributed by atoms with Crippen LogP contribution >= 0.6 is 0 Å². The van der Waals surface area contributed by atoms with Gasteiger partial charge in [0.1, 0.15) is 5.60 Å². The number of aromatic nitrogens is 1. The quantitative estimate of drug-likeness (QED) is 0.466. The van der Waals surface area contributed by atoms with E-state index in [0.717, 1.165) is 30.8 Å². The molecular weight excluding hydrogens is 354 g/mol.